The lowest BCUT2D eigenvalue weighted by Crippen LogP contribution is -2.34. The molecular formula is C12H18N2O3. The number of amides is 1. The molecule has 0 radical (unpaired) electrons. The molecule has 1 aromatic rings. The van der Waals surface area contributed by atoms with Crippen LogP contribution in [0.1, 0.15) is 24.2 Å². The molecule has 0 aliphatic rings. The second kappa shape index (κ2) is 6.20. The van der Waals surface area contributed by atoms with E-state index in [0.717, 1.165) is 0 Å². The van der Waals surface area contributed by atoms with Crippen molar-refractivity contribution in [2.45, 2.75) is 20.0 Å². The van der Waals surface area contributed by atoms with Crippen LogP contribution in [-0.2, 0) is 0 Å². The van der Waals surface area contributed by atoms with Gasteiger partial charge in [0.1, 0.15) is 5.75 Å². The number of carbonyl (C=O) groups excluding carboxylic acids is 1. The fourth-order valence-electron chi connectivity index (χ4n) is 1.26. The number of aliphatic hydroxyl groups excluding tert-OH is 1. The van der Waals surface area contributed by atoms with Gasteiger partial charge in [-0.15, -0.1) is 0 Å². The number of carbonyl (C=O) groups is 1. The molecule has 1 amide bonds. The van der Waals surface area contributed by atoms with E-state index in [4.69, 9.17) is 4.74 Å². The van der Waals surface area contributed by atoms with Gasteiger partial charge in [0.2, 0.25) is 0 Å². The average molecular weight is 238 g/mol. The van der Waals surface area contributed by atoms with Crippen molar-refractivity contribution in [3.05, 3.63) is 24.0 Å². The molecule has 2 N–H and O–H groups in total. The fourth-order valence-corrected chi connectivity index (χ4v) is 1.26. The zero-order valence-electron chi connectivity index (χ0n) is 10.3. The lowest BCUT2D eigenvalue weighted by atomic mass is 10.1. The highest BCUT2D eigenvalue weighted by atomic mass is 16.5. The van der Waals surface area contributed by atoms with E-state index in [1.165, 1.54) is 19.5 Å². The monoisotopic (exact) mass is 238 g/mol. The van der Waals surface area contributed by atoms with Gasteiger partial charge in [-0.05, 0) is 12.0 Å². The molecule has 0 saturated heterocycles. The topological polar surface area (TPSA) is 71.5 Å². The summed E-state index contributed by atoms with van der Waals surface area (Å²) in [6, 6.07) is 1.58. The highest BCUT2D eigenvalue weighted by Gasteiger charge is 2.14. The van der Waals surface area contributed by atoms with Crippen LogP contribution in [0.5, 0.6) is 5.75 Å². The van der Waals surface area contributed by atoms with Crippen molar-refractivity contribution >= 4 is 5.91 Å². The van der Waals surface area contributed by atoms with Gasteiger partial charge in [0, 0.05) is 12.7 Å². The Bertz CT molecular complexity index is 380. The third kappa shape index (κ3) is 3.71. The van der Waals surface area contributed by atoms with Crippen LogP contribution in [0.2, 0.25) is 0 Å². The summed E-state index contributed by atoms with van der Waals surface area (Å²) in [7, 11) is 1.48. The van der Waals surface area contributed by atoms with Crippen LogP contribution in [0.3, 0.4) is 0 Å². The molecule has 1 aromatic heterocycles. The van der Waals surface area contributed by atoms with Gasteiger partial charge in [-0.3, -0.25) is 9.78 Å². The zero-order valence-corrected chi connectivity index (χ0v) is 10.3. The Balaban J connectivity index is 2.64. The maximum absolute atomic E-state index is 11.8. The van der Waals surface area contributed by atoms with Crippen LogP contribution < -0.4 is 10.1 Å². The summed E-state index contributed by atoms with van der Waals surface area (Å²) in [5, 5.41) is 12.2. The molecule has 94 valence electrons. The number of nitrogens with one attached hydrogen (secondary N) is 1. The van der Waals surface area contributed by atoms with E-state index in [-0.39, 0.29) is 18.4 Å². The molecule has 5 nitrogen and oxygen atoms in total. The summed E-state index contributed by atoms with van der Waals surface area (Å²) >= 11 is 0. The predicted octanol–water partition coefficient (Wildman–Crippen LogP) is 0.837. The SMILES string of the molecule is COc1cnccc1C(=O)NCC(O)C(C)C. The minimum absolute atomic E-state index is 0.106. The van der Waals surface area contributed by atoms with Crippen molar-refractivity contribution in [1.82, 2.24) is 10.3 Å². The van der Waals surface area contributed by atoms with Gasteiger partial charge in [-0.1, -0.05) is 13.8 Å². The lowest BCUT2D eigenvalue weighted by Gasteiger charge is -2.15. The normalized spacial score (nSPS) is 12.3. The first-order chi connectivity index (χ1) is 8.06. The molecule has 0 aromatic carbocycles. The number of nitrogens with zero attached hydrogens (tertiary/aromatic N) is 1. The van der Waals surface area contributed by atoms with E-state index < -0.39 is 6.10 Å². The van der Waals surface area contributed by atoms with Gasteiger partial charge in [0.15, 0.2) is 0 Å². The Morgan fingerprint density at radius 1 is 1.59 bits per heavy atom. The predicted molar refractivity (Wildman–Crippen MR) is 64.0 cm³/mol. The molecule has 5 heteroatoms. The van der Waals surface area contributed by atoms with Crippen LogP contribution in [0.25, 0.3) is 0 Å². The van der Waals surface area contributed by atoms with E-state index in [2.05, 4.69) is 10.3 Å². The Morgan fingerprint density at radius 2 is 2.29 bits per heavy atom. The number of hydrogen-bond acceptors (Lipinski definition) is 4. The third-order valence-electron chi connectivity index (χ3n) is 2.49. The third-order valence-corrected chi connectivity index (χ3v) is 2.49. The molecule has 0 aliphatic carbocycles. The summed E-state index contributed by atoms with van der Waals surface area (Å²) in [4.78, 5) is 15.7. The minimum atomic E-state index is -0.549. The largest absolute Gasteiger partial charge is 0.494 e. The standard InChI is InChI=1S/C12H18N2O3/c1-8(2)10(15)6-14-12(16)9-4-5-13-7-11(9)17-3/h4-5,7-8,10,15H,6H2,1-3H3,(H,14,16). The quantitative estimate of drug-likeness (QED) is 0.797. The number of aliphatic hydroxyl groups is 1. The number of hydrogen-bond donors (Lipinski definition) is 2. The van der Waals surface area contributed by atoms with Crippen molar-refractivity contribution in [2.75, 3.05) is 13.7 Å². The minimum Gasteiger partial charge on any atom is -0.494 e. The van der Waals surface area contributed by atoms with Crippen molar-refractivity contribution < 1.29 is 14.6 Å². The second-order valence-electron chi connectivity index (χ2n) is 4.10. The zero-order chi connectivity index (χ0) is 12.8. The van der Waals surface area contributed by atoms with Gasteiger partial charge in [0.25, 0.3) is 5.91 Å². The molecule has 0 bridgehead atoms. The first kappa shape index (κ1) is 13.4. The van der Waals surface area contributed by atoms with Gasteiger partial charge in [0.05, 0.1) is 25.0 Å². The van der Waals surface area contributed by atoms with Crippen LogP contribution in [-0.4, -0.2) is 35.8 Å². The maximum Gasteiger partial charge on any atom is 0.255 e. The molecule has 0 saturated carbocycles. The van der Waals surface area contributed by atoms with Crippen LogP contribution in [0.4, 0.5) is 0 Å². The van der Waals surface area contributed by atoms with E-state index in [0.29, 0.717) is 11.3 Å². The van der Waals surface area contributed by atoms with Crippen molar-refractivity contribution in [2.24, 2.45) is 5.92 Å². The Hall–Kier alpha value is -1.62. The van der Waals surface area contributed by atoms with Gasteiger partial charge in [-0.2, -0.15) is 0 Å². The number of aromatic nitrogens is 1. The molecule has 0 spiro atoms. The Labute approximate surface area is 101 Å². The van der Waals surface area contributed by atoms with Gasteiger partial charge >= 0.3 is 0 Å². The Kier molecular flexibility index (Phi) is 4.90. The Morgan fingerprint density at radius 3 is 2.88 bits per heavy atom. The van der Waals surface area contributed by atoms with Crippen LogP contribution in [0, 0.1) is 5.92 Å². The number of ether oxygens (including phenoxy) is 1. The molecule has 1 rings (SSSR count). The lowest BCUT2D eigenvalue weighted by molar-refractivity contribution is 0.0869. The number of pyridine rings is 1. The van der Waals surface area contributed by atoms with E-state index in [1.807, 2.05) is 13.8 Å². The molecule has 17 heavy (non-hydrogen) atoms. The molecule has 0 aliphatic heterocycles. The van der Waals surface area contributed by atoms with Crippen molar-refractivity contribution in [3.8, 4) is 5.75 Å². The van der Waals surface area contributed by atoms with E-state index in [1.54, 1.807) is 6.07 Å². The van der Waals surface area contributed by atoms with Crippen LogP contribution >= 0.6 is 0 Å². The van der Waals surface area contributed by atoms with Gasteiger partial charge in [-0.25, -0.2) is 0 Å². The maximum atomic E-state index is 11.8. The summed E-state index contributed by atoms with van der Waals surface area (Å²) in [6.07, 6.45) is 2.45. The summed E-state index contributed by atoms with van der Waals surface area (Å²) in [6.45, 7) is 4.01. The van der Waals surface area contributed by atoms with Crippen molar-refractivity contribution in [1.29, 1.82) is 0 Å². The fraction of sp³-hybridized carbons (Fsp3) is 0.500. The highest BCUT2D eigenvalue weighted by Crippen LogP contribution is 2.15. The second-order valence-corrected chi connectivity index (χ2v) is 4.10. The molecule has 1 heterocycles. The first-order valence-electron chi connectivity index (χ1n) is 5.50. The molecule has 1 unspecified atom stereocenters. The summed E-state index contributed by atoms with van der Waals surface area (Å²) < 4.78 is 5.03. The molecular weight excluding hydrogens is 220 g/mol. The highest BCUT2D eigenvalue weighted by molar-refractivity contribution is 5.96. The van der Waals surface area contributed by atoms with Crippen molar-refractivity contribution in [3.63, 3.8) is 0 Å². The first-order valence-corrected chi connectivity index (χ1v) is 5.50. The van der Waals surface area contributed by atoms with E-state index >= 15 is 0 Å². The molecule has 0 fully saturated rings. The summed E-state index contributed by atoms with van der Waals surface area (Å²) in [5.41, 5.74) is 0.415. The smallest absolute Gasteiger partial charge is 0.255 e. The number of rotatable bonds is 5. The molecule has 1 atom stereocenters. The average Bonchev–Trinajstić information content (AvgIpc) is 2.35. The number of methoxy groups -OCH3 is 1. The van der Waals surface area contributed by atoms with Gasteiger partial charge < -0.3 is 15.2 Å². The van der Waals surface area contributed by atoms with Crippen LogP contribution in [0.15, 0.2) is 18.5 Å². The summed E-state index contributed by atoms with van der Waals surface area (Å²) in [5.74, 6) is 0.252. The van der Waals surface area contributed by atoms with E-state index in [9.17, 15) is 9.90 Å².